The number of hydrogen-bond donors (Lipinski definition) is 2. The van der Waals surface area contributed by atoms with Crippen LogP contribution in [-0.4, -0.2) is 43.7 Å². The molecular weight excluding hydrogens is 324 g/mol. The number of morpholine rings is 1. The van der Waals surface area contributed by atoms with Gasteiger partial charge in [0, 0.05) is 26.2 Å². The number of nitrogens with zero attached hydrogens (tertiary/aromatic N) is 2. The number of nitrogens with two attached hydrogens (primary N) is 1. The summed E-state index contributed by atoms with van der Waals surface area (Å²) in [4.78, 5) is 6.97. The van der Waals surface area contributed by atoms with Gasteiger partial charge in [-0.25, -0.2) is 4.99 Å². The Balaban J connectivity index is 1.72. The molecule has 0 aromatic heterocycles. The lowest BCUT2D eigenvalue weighted by Gasteiger charge is -2.27. The van der Waals surface area contributed by atoms with Crippen molar-refractivity contribution in [2.75, 3.05) is 32.8 Å². The Labute approximate surface area is 159 Å². The van der Waals surface area contributed by atoms with E-state index in [9.17, 15) is 0 Å². The minimum Gasteiger partial charge on any atom is -0.379 e. The molecule has 5 nitrogen and oxygen atoms in total. The first-order valence-electron chi connectivity index (χ1n) is 10.2. The van der Waals surface area contributed by atoms with Crippen LogP contribution in [0, 0.1) is 0 Å². The van der Waals surface area contributed by atoms with Crippen LogP contribution in [0.4, 0.5) is 0 Å². The van der Waals surface area contributed by atoms with Crippen LogP contribution in [0.15, 0.2) is 29.3 Å². The molecule has 0 amide bonds. The van der Waals surface area contributed by atoms with E-state index >= 15 is 0 Å². The Bertz CT molecular complexity index is 526. The van der Waals surface area contributed by atoms with E-state index in [1.165, 1.54) is 43.2 Å². The van der Waals surface area contributed by atoms with Crippen molar-refractivity contribution in [1.82, 2.24) is 10.2 Å². The maximum Gasteiger partial charge on any atom is 0.188 e. The van der Waals surface area contributed by atoms with E-state index in [2.05, 4.69) is 46.4 Å². The fraction of sp³-hybridized carbons (Fsp3) is 0.667. The molecule has 1 saturated heterocycles. The molecule has 1 aromatic carbocycles. The van der Waals surface area contributed by atoms with Crippen LogP contribution in [0.5, 0.6) is 0 Å². The van der Waals surface area contributed by atoms with Gasteiger partial charge < -0.3 is 15.8 Å². The predicted molar refractivity (Wildman–Crippen MR) is 109 cm³/mol. The number of benzene rings is 1. The van der Waals surface area contributed by atoms with Crippen molar-refractivity contribution in [3.63, 3.8) is 0 Å². The second-order valence-corrected chi connectivity index (χ2v) is 7.05. The van der Waals surface area contributed by atoms with E-state index in [4.69, 9.17) is 10.5 Å². The van der Waals surface area contributed by atoms with Crippen molar-refractivity contribution in [1.29, 1.82) is 0 Å². The Kier molecular flexibility index (Phi) is 10.1. The molecule has 1 heterocycles. The lowest BCUT2D eigenvalue weighted by molar-refractivity contribution is 0.0341. The van der Waals surface area contributed by atoms with Crippen LogP contribution in [0.25, 0.3) is 0 Å². The quantitative estimate of drug-likeness (QED) is 0.361. The first-order valence-corrected chi connectivity index (χ1v) is 10.2. The van der Waals surface area contributed by atoms with Gasteiger partial charge in [-0.3, -0.25) is 4.90 Å². The highest BCUT2D eigenvalue weighted by molar-refractivity contribution is 5.77. The molecule has 0 unspecified atom stereocenters. The molecule has 1 aliphatic rings. The molecule has 1 aliphatic heterocycles. The van der Waals surface area contributed by atoms with Gasteiger partial charge in [0.05, 0.1) is 19.8 Å². The van der Waals surface area contributed by atoms with E-state index in [1.54, 1.807) is 0 Å². The number of ether oxygens (including phenoxy) is 1. The van der Waals surface area contributed by atoms with Crippen LogP contribution in [0.2, 0.25) is 0 Å². The fourth-order valence-corrected chi connectivity index (χ4v) is 3.21. The molecule has 0 radical (unpaired) electrons. The normalized spacial score (nSPS) is 16.0. The highest BCUT2D eigenvalue weighted by Crippen LogP contribution is 2.14. The third-order valence-corrected chi connectivity index (χ3v) is 4.87. The van der Waals surface area contributed by atoms with E-state index in [0.717, 1.165) is 45.8 Å². The van der Waals surface area contributed by atoms with Crippen molar-refractivity contribution >= 4 is 5.96 Å². The predicted octanol–water partition coefficient (Wildman–Crippen LogP) is 3.28. The van der Waals surface area contributed by atoms with Crippen LogP contribution < -0.4 is 11.1 Å². The zero-order valence-corrected chi connectivity index (χ0v) is 16.4. The van der Waals surface area contributed by atoms with Crippen LogP contribution in [0.3, 0.4) is 0 Å². The first kappa shape index (κ1) is 20.7. The molecule has 5 heteroatoms. The zero-order chi connectivity index (χ0) is 18.5. The van der Waals surface area contributed by atoms with Gasteiger partial charge in [0.1, 0.15) is 0 Å². The summed E-state index contributed by atoms with van der Waals surface area (Å²) in [6.07, 6.45) is 7.74. The summed E-state index contributed by atoms with van der Waals surface area (Å²) < 4.78 is 5.43. The maximum atomic E-state index is 6.03. The summed E-state index contributed by atoms with van der Waals surface area (Å²) in [6.45, 7) is 8.41. The number of aliphatic imine (C=N–C) groups is 1. The minimum absolute atomic E-state index is 0.555. The first-order chi connectivity index (χ1) is 12.8. The van der Waals surface area contributed by atoms with E-state index in [1.807, 2.05) is 0 Å². The molecule has 1 fully saturated rings. The Morgan fingerprint density at radius 1 is 1.08 bits per heavy atom. The maximum absolute atomic E-state index is 6.03. The molecule has 3 N–H and O–H groups in total. The number of nitrogens with one attached hydrogen (secondary N) is 1. The molecule has 146 valence electrons. The second-order valence-electron chi connectivity index (χ2n) is 7.05. The third kappa shape index (κ3) is 8.19. The van der Waals surface area contributed by atoms with Gasteiger partial charge >= 0.3 is 0 Å². The largest absolute Gasteiger partial charge is 0.379 e. The van der Waals surface area contributed by atoms with Gasteiger partial charge in [-0.05, 0) is 17.5 Å². The summed E-state index contributed by atoms with van der Waals surface area (Å²) >= 11 is 0. The summed E-state index contributed by atoms with van der Waals surface area (Å²) in [5, 5.41) is 3.25. The Morgan fingerprint density at radius 3 is 2.54 bits per heavy atom. The number of guanidine groups is 1. The Morgan fingerprint density at radius 2 is 1.77 bits per heavy atom. The number of hydrogen-bond acceptors (Lipinski definition) is 3. The lowest BCUT2D eigenvalue weighted by Crippen LogP contribution is -2.36. The van der Waals surface area contributed by atoms with Crippen LogP contribution in [-0.2, 0) is 17.8 Å². The average Bonchev–Trinajstić information content (AvgIpc) is 2.67. The van der Waals surface area contributed by atoms with E-state index in [0.29, 0.717) is 12.5 Å². The van der Waals surface area contributed by atoms with Gasteiger partial charge in [0.15, 0.2) is 5.96 Å². The highest BCUT2D eigenvalue weighted by Gasteiger charge is 2.12. The molecule has 0 bridgehead atoms. The summed E-state index contributed by atoms with van der Waals surface area (Å²) in [6, 6.07) is 8.53. The van der Waals surface area contributed by atoms with Crippen molar-refractivity contribution in [3.05, 3.63) is 35.4 Å². The van der Waals surface area contributed by atoms with Crippen molar-refractivity contribution in [2.45, 2.75) is 58.5 Å². The van der Waals surface area contributed by atoms with Crippen molar-refractivity contribution in [2.24, 2.45) is 10.7 Å². The smallest absolute Gasteiger partial charge is 0.188 e. The molecular formula is C21H36N4O. The third-order valence-electron chi connectivity index (χ3n) is 4.87. The molecule has 1 aromatic rings. The van der Waals surface area contributed by atoms with Gasteiger partial charge in [-0.15, -0.1) is 0 Å². The lowest BCUT2D eigenvalue weighted by atomic mass is 10.1. The Hall–Kier alpha value is -1.59. The summed E-state index contributed by atoms with van der Waals surface area (Å²) in [5.74, 6) is 0.555. The van der Waals surface area contributed by atoms with Gasteiger partial charge in [-0.2, -0.15) is 0 Å². The van der Waals surface area contributed by atoms with Crippen molar-refractivity contribution in [3.8, 4) is 0 Å². The molecule has 26 heavy (non-hydrogen) atoms. The molecule has 0 atom stereocenters. The molecule has 2 rings (SSSR count). The standard InChI is InChI=1S/C21H36N4O/c1-2-3-4-5-6-9-12-23-21(22)24-17-19-10-7-8-11-20(19)18-25-13-15-26-16-14-25/h7-8,10-11H,2-6,9,12-18H2,1H3,(H3,22,23,24). The number of unbranched alkanes of at least 4 members (excludes halogenated alkanes) is 5. The molecule has 0 spiro atoms. The molecule has 0 aliphatic carbocycles. The minimum atomic E-state index is 0.555. The van der Waals surface area contributed by atoms with Crippen LogP contribution >= 0.6 is 0 Å². The number of rotatable bonds is 11. The van der Waals surface area contributed by atoms with Gasteiger partial charge in [0.25, 0.3) is 0 Å². The monoisotopic (exact) mass is 360 g/mol. The van der Waals surface area contributed by atoms with Crippen molar-refractivity contribution < 1.29 is 4.74 Å². The van der Waals surface area contributed by atoms with Crippen LogP contribution in [0.1, 0.15) is 56.6 Å². The molecule has 0 saturated carbocycles. The van der Waals surface area contributed by atoms with Gasteiger partial charge in [0.2, 0.25) is 0 Å². The SMILES string of the molecule is CCCCCCCCNC(N)=NCc1ccccc1CN1CCOCC1. The summed E-state index contributed by atoms with van der Waals surface area (Å²) in [7, 11) is 0. The second kappa shape index (κ2) is 12.7. The van der Waals surface area contributed by atoms with E-state index in [-0.39, 0.29) is 0 Å². The topological polar surface area (TPSA) is 62.9 Å². The fourth-order valence-electron chi connectivity index (χ4n) is 3.21. The average molecular weight is 361 g/mol. The van der Waals surface area contributed by atoms with E-state index < -0.39 is 0 Å². The van der Waals surface area contributed by atoms with Gasteiger partial charge in [-0.1, -0.05) is 63.3 Å². The highest BCUT2D eigenvalue weighted by atomic mass is 16.5. The summed E-state index contributed by atoms with van der Waals surface area (Å²) in [5.41, 5.74) is 8.62. The zero-order valence-electron chi connectivity index (χ0n) is 16.4.